The van der Waals surface area contributed by atoms with Crippen LogP contribution < -0.4 is 4.90 Å². The predicted octanol–water partition coefficient (Wildman–Crippen LogP) is 2.36. The largest absolute Gasteiger partial charge is 0.611 e. The van der Waals surface area contributed by atoms with Crippen LogP contribution in [0.5, 0.6) is 0 Å². The van der Waals surface area contributed by atoms with Crippen molar-refractivity contribution >= 4 is 28.7 Å². The zero-order chi connectivity index (χ0) is 17.6. The van der Waals surface area contributed by atoms with Gasteiger partial charge in [-0.05, 0) is 30.9 Å². The maximum Gasteiger partial charge on any atom is 0.225 e. The van der Waals surface area contributed by atoms with Gasteiger partial charge in [-0.25, -0.2) is 19.9 Å². The van der Waals surface area contributed by atoms with Gasteiger partial charge in [0.15, 0.2) is 4.90 Å². The first kappa shape index (κ1) is 14.9. The number of halogens is 1. The van der Waals surface area contributed by atoms with Crippen LogP contribution in [0.3, 0.4) is 0 Å². The van der Waals surface area contributed by atoms with E-state index in [1.54, 1.807) is 12.4 Å². The van der Waals surface area contributed by atoms with Crippen LogP contribution >= 0.6 is 11.6 Å². The number of fused-ring (bicyclic) bond motifs is 1. The van der Waals surface area contributed by atoms with Gasteiger partial charge in [-0.1, -0.05) is 11.6 Å². The van der Waals surface area contributed by atoms with Crippen molar-refractivity contribution in [1.82, 2.24) is 19.9 Å². The van der Waals surface area contributed by atoms with Gasteiger partial charge in [-0.3, -0.25) is 0 Å². The second-order valence-corrected chi connectivity index (χ2v) is 8.49. The van der Waals surface area contributed by atoms with Crippen LogP contribution in [0.1, 0.15) is 38.6 Å². The SMILES string of the molecule is [2H]c1nc(N2CCC(c3ncc(Cl)cn3)CC2)nc2c1[S+]([O-])C(C)C2. The normalized spacial score (nSPS) is 24.8. The molecule has 0 amide bonds. The molecule has 0 radical (unpaired) electrons. The Labute approximate surface area is 150 Å². The van der Waals surface area contributed by atoms with Crippen LogP contribution in [-0.2, 0) is 17.6 Å². The molecule has 24 heavy (non-hydrogen) atoms. The second-order valence-electron chi connectivity index (χ2n) is 6.24. The molecule has 0 aromatic carbocycles. The zero-order valence-electron chi connectivity index (χ0n) is 14.3. The molecule has 0 bridgehead atoms. The molecule has 1 saturated heterocycles. The van der Waals surface area contributed by atoms with Gasteiger partial charge in [0, 0.05) is 37.8 Å². The Morgan fingerprint density at radius 1 is 1.29 bits per heavy atom. The van der Waals surface area contributed by atoms with Crippen molar-refractivity contribution in [3.63, 3.8) is 0 Å². The van der Waals surface area contributed by atoms with Crippen molar-refractivity contribution in [2.45, 2.75) is 42.2 Å². The Hall–Kier alpha value is -1.44. The minimum Gasteiger partial charge on any atom is -0.611 e. The molecule has 1 fully saturated rings. The van der Waals surface area contributed by atoms with E-state index in [0.29, 0.717) is 28.2 Å². The number of rotatable bonds is 2. The number of hydrogen-bond donors (Lipinski definition) is 0. The highest BCUT2D eigenvalue weighted by Gasteiger charge is 2.35. The van der Waals surface area contributed by atoms with Crippen molar-refractivity contribution in [1.29, 1.82) is 0 Å². The Morgan fingerprint density at radius 2 is 2.00 bits per heavy atom. The highest BCUT2D eigenvalue weighted by Crippen LogP contribution is 2.32. The fourth-order valence-electron chi connectivity index (χ4n) is 3.22. The topological polar surface area (TPSA) is 77.9 Å². The molecule has 2 aliphatic rings. The molecule has 6 nitrogen and oxygen atoms in total. The standard InChI is InChI=1S/C16H18ClN5OS/c1-10-6-13-14(24(10)23)9-20-16(21-13)22-4-2-11(3-5-22)15-18-7-12(17)8-19-15/h7-11H,2-6H2,1H3/i9D. The van der Waals surface area contributed by atoms with Gasteiger partial charge in [-0.15, -0.1) is 0 Å². The van der Waals surface area contributed by atoms with Gasteiger partial charge in [0.2, 0.25) is 5.95 Å². The van der Waals surface area contributed by atoms with E-state index in [-0.39, 0.29) is 11.4 Å². The molecule has 2 unspecified atom stereocenters. The number of anilines is 1. The van der Waals surface area contributed by atoms with Crippen LogP contribution in [0.25, 0.3) is 0 Å². The van der Waals surface area contributed by atoms with E-state index in [1.807, 2.05) is 6.92 Å². The van der Waals surface area contributed by atoms with Crippen LogP contribution in [-0.4, -0.2) is 42.8 Å². The minimum atomic E-state index is -1.16. The van der Waals surface area contributed by atoms with Crippen LogP contribution in [0.4, 0.5) is 5.95 Å². The predicted molar refractivity (Wildman–Crippen MR) is 92.8 cm³/mol. The van der Waals surface area contributed by atoms with Crippen molar-refractivity contribution in [3.05, 3.63) is 35.1 Å². The molecule has 0 N–H and O–H groups in total. The molecule has 2 aromatic heterocycles. The average Bonchev–Trinajstić information content (AvgIpc) is 2.90. The fraction of sp³-hybridized carbons (Fsp3) is 0.500. The van der Waals surface area contributed by atoms with E-state index in [2.05, 4.69) is 24.8 Å². The molecule has 8 heteroatoms. The van der Waals surface area contributed by atoms with Gasteiger partial charge < -0.3 is 9.45 Å². The van der Waals surface area contributed by atoms with Crippen molar-refractivity contribution in [3.8, 4) is 0 Å². The highest BCUT2D eigenvalue weighted by atomic mass is 35.5. The third kappa shape index (κ3) is 2.96. The highest BCUT2D eigenvalue weighted by molar-refractivity contribution is 7.92. The molecule has 0 aliphatic carbocycles. The van der Waals surface area contributed by atoms with E-state index in [9.17, 15) is 4.55 Å². The monoisotopic (exact) mass is 364 g/mol. The average molecular weight is 365 g/mol. The van der Waals surface area contributed by atoms with Gasteiger partial charge in [0.25, 0.3) is 0 Å². The Bertz CT molecular complexity index is 785. The van der Waals surface area contributed by atoms with Gasteiger partial charge in [-0.2, -0.15) is 0 Å². The second kappa shape index (κ2) is 6.46. The summed E-state index contributed by atoms with van der Waals surface area (Å²) in [6.45, 7) is 3.50. The molecule has 4 heterocycles. The summed E-state index contributed by atoms with van der Waals surface area (Å²) in [5.74, 6) is 1.69. The molecule has 2 atom stereocenters. The summed E-state index contributed by atoms with van der Waals surface area (Å²) in [6, 6.07) is 0. The Balaban J connectivity index is 1.49. The summed E-state index contributed by atoms with van der Waals surface area (Å²) in [6.07, 6.45) is 5.82. The summed E-state index contributed by atoms with van der Waals surface area (Å²) in [5.41, 5.74) is 0.768. The minimum absolute atomic E-state index is 0.0106. The van der Waals surface area contributed by atoms with Crippen molar-refractivity contribution < 1.29 is 5.92 Å². The third-order valence-corrected chi connectivity index (χ3v) is 6.41. The molecule has 126 valence electrons. The smallest absolute Gasteiger partial charge is 0.225 e. The van der Waals surface area contributed by atoms with E-state index < -0.39 is 11.2 Å². The van der Waals surface area contributed by atoms with E-state index in [0.717, 1.165) is 37.4 Å². The molecule has 4 rings (SSSR count). The number of hydrogen-bond acceptors (Lipinski definition) is 6. The third-order valence-electron chi connectivity index (χ3n) is 4.59. The molecular formula is C16H18ClN5OS. The maximum absolute atomic E-state index is 12.2. The molecule has 2 aliphatic heterocycles. The summed E-state index contributed by atoms with van der Waals surface area (Å²) in [5, 5.41) is 0.554. The van der Waals surface area contributed by atoms with Crippen LogP contribution in [0, 0.1) is 0 Å². The lowest BCUT2D eigenvalue weighted by atomic mass is 9.96. The summed E-state index contributed by atoms with van der Waals surface area (Å²) in [4.78, 5) is 20.2. The maximum atomic E-state index is 12.2. The number of nitrogens with zero attached hydrogens (tertiary/aromatic N) is 5. The summed E-state index contributed by atoms with van der Waals surface area (Å²) >= 11 is 4.69. The van der Waals surface area contributed by atoms with Gasteiger partial charge in [0.1, 0.15) is 16.8 Å². The zero-order valence-corrected chi connectivity index (χ0v) is 14.8. The van der Waals surface area contributed by atoms with Crippen LogP contribution in [0.15, 0.2) is 23.5 Å². The molecule has 0 spiro atoms. The van der Waals surface area contributed by atoms with Crippen LogP contribution in [0.2, 0.25) is 5.02 Å². The summed E-state index contributed by atoms with van der Waals surface area (Å²) in [7, 11) is 0. The first-order valence-corrected chi connectivity index (χ1v) is 9.62. The lowest BCUT2D eigenvalue weighted by molar-refractivity contribution is 0.480. The van der Waals surface area contributed by atoms with E-state index in [1.165, 1.54) is 0 Å². The van der Waals surface area contributed by atoms with Gasteiger partial charge >= 0.3 is 0 Å². The molecule has 2 aromatic rings. The Kier molecular flexibility index (Phi) is 4.00. The lowest BCUT2D eigenvalue weighted by Crippen LogP contribution is -2.34. The van der Waals surface area contributed by atoms with Crippen molar-refractivity contribution in [2.75, 3.05) is 18.0 Å². The van der Waals surface area contributed by atoms with E-state index in [4.69, 9.17) is 13.0 Å². The van der Waals surface area contributed by atoms with Gasteiger partial charge in [0.05, 0.1) is 12.6 Å². The van der Waals surface area contributed by atoms with E-state index >= 15 is 0 Å². The number of piperidine rings is 1. The number of aromatic nitrogens is 4. The molecule has 0 saturated carbocycles. The summed E-state index contributed by atoms with van der Waals surface area (Å²) < 4.78 is 20.3. The first-order chi connectivity index (χ1) is 12.0. The first-order valence-electron chi connectivity index (χ1n) is 8.53. The molecular weight excluding hydrogens is 346 g/mol. The Morgan fingerprint density at radius 3 is 2.71 bits per heavy atom. The van der Waals surface area contributed by atoms with Crippen molar-refractivity contribution in [2.24, 2.45) is 0 Å². The lowest BCUT2D eigenvalue weighted by Gasteiger charge is -2.31. The fourth-order valence-corrected chi connectivity index (χ4v) is 4.53. The quantitative estimate of drug-likeness (QED) is 0.761.